The summed E-state index contributed by atoms with van der Waals surface area (Å²) < 4.78 is 4.90. The van der Waals surface area contributed by atoms with Crippen molar-refractivity contribution in [1.29, 1.82) is 0 Å². The van der Waals surface area contributed by atoms with E-state index in [4.69, 9.17) is 35.4 Å². The topological polar surface area (TPSA) is 202 Å². The van der Waals surface area contributed by atoms with Crippen molar-refractivity contribution in [2.75, 3.05) is 26.4 Å². The quantitative estimate of drug-likeness (QED) is 0.180. The molecule has 0 aromatic heterocycles. The third-order valence-corrected chi connectivity index (χ3v) is 2.47. The van der Waals surface area contributed by atoms with Crippen LogP contribution in [0.5, 0.6) is 0 Å². The Kier molecular flexibility index (Phi) is 26.5. The Hall–Kier alpha value is -2.57. The molecule has 0 spiro atoms. The number of carbonyl (C=O) groups is 3. The Labute approximate surface area is 163 Å². The monoisotopic (exact) mass is 410 g/mol. The van der Waals surface area contributed by atoms with Gasteiger partial charge in [-0.3, -0.25) is 0 Å². The van der Waals surface area contributed by atoms with Crippen LogP contribution in [0.4, 0.5) is 0 Å². The number of aliphatic hydroxyl groups is 4. The SMILES string of the molecule is C=CC(=O)O.C=CC(=O)O.C=CC(=O)O.CCCOC(O)C(CO)(CO)CO. The molecule has 0 rings (SSSR count). The fraction of sp³-hybridized carbons (Fsp3) is 0.471. The number of aliphatic hydroxyl groups excluding tert-OH is 4. The van der Waals surface area contributed by atoms with E-state index in [0.29, 0.717) is 6.61 Å². The van der Waals surface area contributed by atoms with Gasteiger partial charge >= 0.3 is 17.9 Å². The molecule has 0 aliphatic carbocycles. The summed E-state index contributed by atoms with van der Waals surface area (Å²) in [6, 6.07) is 0. The van der Waals surface area contributed by atoms with Crippen LogP contribution in [0.15, 0.2) is 38.0 Å². The van der Waals surface area contributed by atoms with Gasteiger partial charge in [0.1, 0.15) is 0 Å². The maximum absolute atomic E-state index is 9.39. The third-order valence-electron chi connectivity index (χ3n) is 2.47. The van der Waals surface area contributed by atoms with Crippen LogP contribution >= 0.6 is 0 Å². The molecule has 0 saturated carbocycles. The van der Waals surface area contributed by atoms with Crippen LogP contribution in [-0.2, 0) is 19.1 Å². The summed E-state index contributed by atoms with van der Waals surface area (Å²) in [4.78, 5) is 27.8. The first-order valence-electron chi connectivity index (χ1n) is 7.66. The fourth-order valence-corrected chi connectivity index (χ4v) is 0.791. The van der Waals surface area contributed by atoms with Crippen molar-refractivity contribution < 1.29 is 54.9 Å². The van der Waals surface area contributed by atoms with E-state index in [-0.39, 0.29) is 0 Å². The van der Waals surface area contributed by atoms with Crippen molar-refractivity contribution in [2.45, 2.75) is 19.6 Å². The molecule has 0 aliphatic heterocycles. The van der Waals surface area contributed by atoms with Crippen molar-refractivity contribution >= 4 is 17.9 Å². The van der Waals surface area contributed by atoms with Crippen LogP contribution in [0.2, 0.25) is 0 Å². The lowest BCUT2D eigenvalue weighted by Gasteiger charge is -2.32. The molecular formula is C17H30O11. The Bertz CT molecular complexity index is 405. The molecule has 11 heteroatoms. The van der Waals surface area contributed by atoms with Gasteiger partial charge in [-0.2, -0.15) is 0 Å². The van der Waals surface area contributed by atoms with Crippen LogP contribution in [0.25, 0.3) is 0 Å². The predicted molar refractivity (Wildman–Crippen MR) is 99.4 cm³/mol. The first-order chi connectivity index (χ1) is 13.0. The molecule has 0 amide bonds. The molecule has 0 aromatic carbocycles. The van der Waals surface area contributed by atoms with E-state index < -0.39 is 49.4 Å². The third kappa shape index (κ3) is 23.4. The summed E-state index contributed by atoms with van der Waals surface area (Å²) in [5.41, 5.74) is -1.37. The first kappa shape index (κ1) is 33.0. The number of carboxylic acids is 3. The van der Waals surface area contributed by atoms with E-state index in [1.807, 2.05) is 6.92 Å². The highest BCUT2D eigenvalue weighted by Crippen LogP contribution is 2.21. The van der Waals surface area contributed by atoms with Crippen LogP contribution < -0.4 is 0 Å². The summed E-state index contributed by atoms with van der Waals surface area (Å²) in [5, 5.41) is 58.9. The normalized spacial score (nSPS) is 10.2. The summed E-state index contributed by atoms with van der Waals surface area (Å²) in [6.07, 6.45) is 1.88. The molecule has 164 valence electrons. The Balaban J connectivity index is -0.000000159. The number of aliphatic carboxylic acids is 3. The lowest BCUT2D eigenvalue weighted by atomic mass is 9.90. The van der Waals surface area contributed by atoms with Crippen molar-refractivity contribution in [2.24, 2.45) is 5.41 Å². The zero-order valence-electron chi connectivity index (χ0n) is 15.7. The molecule has 0 aliphatic rings. The van der Waals surface area contributed by atoms with Gasteiger partial charge in [-0.05, 0) is 6.42 Å². The average molecular weight is 410 g/mol. The molecule has 0 aromatic rings. The first-order valence-corrected chi connectivity index (χ1v) is 7.66. The zero-order valence-corrected chi connectivity index (χ0v) is 15.7. The summed E-state index contributed by atoms with van der Waals surface area (Å²) in [7, 11) is 0. The highest BCUT2D eigenvalue weighted by atomic mass is 16.6. The van der Waals surface area contributed by atoms with Crippen LogP contribution in [0.1, 0.15) is 13.3 Å². The van der Waals surface area contributed by atoms with E-state index in [2.05, 4.69) is 19.7 Å². The van der Waals surface area contributed by atoms with Gasteiger partial charge in [0.2, 0.25) is 0 Å². The minimum atomic E-state index is -1.37. The summed E-state index contributed by atoms with van der Waals surface area (Å²) >= 11 is 0. The number of rotatable bonds is 10. The Morgan fingerprint density at radius 2 is 1.11 bits per heavy atom. The molecule has 1 unspecified atom stereocenters. The molecule has 1 atom stereocenters. The summed E-state index contributed by atoms with van der Waals surface area (Å²) in [6.45, 7) is 9.50. The van der Waals surface area contributed by atoms with Crippen molar-refractivity contribution in [1.82, 2.24) is 0 Å². The second kappa shape index (κ2) is 22.5. The molecule has 0 fully saturated rings. The van der Waals surface area contributed by atoms with Crippen LogP contribution in [0, 0.1) is 5.41 Å². The molecule has 0 heterocycles. The molecule has 28 heavy (non-hydrogen) atoms. The largest absolute Gasteiger partial charge is 0.478 e. The van der Waals surface area contributed by atoms with E-state index in [1.165, 1.54) is 0 Å². The Morgan fingerprint density at radius 1 is 0.857 bits per heavy atom. The maximum Gasteiger partial charge on any atom is 0.327 e. The predicted octanol–water partition coefficient (Wildman–Crippen LogP) is -0.534. The van der Waals surface area contributed by atoms with Gasteiger partial charge in [0.25, 0.3) is 0 Å². The minimum absolute atomic E-state index is 0.322. The van der Waals surface area contributed by atoms with Crippen molar-refractivity contribution in [3.8, 4) is 0 Å². The van der Waals surface area contributed by atoms with Gasteiger partial charge in [0, 0.05) is 24.8 Å². The van der Waals surface area contributed by atoms with Gasteiger partial charge in [0.15, 0.2) is 6.29 Å². The highest BCUT2D eigenvalue weighted by Gasteiger charge is 2.37. The van der Waals surface area contributed by atoms with Crippen LogP contribution in [0.3, 0.4) is 0 Å². The number of ether oxygens (including phenoxy) is 1. The maximum atomic E-state index is 9.39. The molecular weight excluding hydrogens is 380 g/mol. The molecule has 0 bridgehead atoms. The van der Waals surface area contributed by atoms with Gasteiger partial charge in [0.05, 0.1) is 25.2 Å². The number of carboxylic acid groups (broad SMARTS) is 3. The van der Waals surface area contributed by atoms with Crippen molar-refractivity contribution in [3.63, 3.8) is 0 Å². The van der Waals surface area contributed by atoms with Gasteiger partial charge in [-0.15, -0.1) is 0 Å². The van der Waals surface area contributed by atoms with Gasteiger partial charge in [-0.1, -0.05) is 26.7 Å². The van der Waals surface area contributed by atoms with Crippen LogP contribution in [-0.4, -0.2) is 86.4 Å². The molecule has 0 radical (unpaired) electrons. The second-order valence-corrected chi connectivity index (χ2v) is 4.69. The smallest absolute Gasteiger partial charge is 0.327 e. The minimum Gasteiger partial charge on any atom is -0.478 e. The van der Waals surface area contributed by atoms with Gasteiger partial charge < -0.3 is 40.5 Å². The molecule has 7 N–H and O–H groups in total. The van der Waals surface area contributed by atoms with E-state index in [1.54, 1.807) is 0 Å². The average Bonchev–Trinajstić information content (AvgIpc) is 2.69. The molecule has 11 nitrogen and oxygen atoms in total. The summed E-state index contributed by atoms with van der Waals surface area (Å²) in [5.74, 6) is -2.94. The molecule has 0 saturated heterocycles. The van der Waals surface area contributed by atoms with Gasteiger partial charge in [-0.25, -0.2) is 14.4 Å². The number of hydrogen-bond acceptors (Lipinski definition) is 8. The standard InChI is InChI=1S/C8H18O5.3C3H4O2/c1-2-3-13-7(12)8(4-9,5-10)6-11;3*1-2-3(4)5/h7,9-12H,2-6H2,1H3;3*2H,1H2,(H,4,5). The van der Waals surface area contributed by atoms with E-state index in [0.717, 1.165) is 24.6 Å². The van der Waals surface area contributed by atoms with Crippen molar-refractivity contribution in [3.05, 3.63) is 38.0 Å². The zero-order chi connectivity index (χ0) is 23.2. The Morgan fingerprint density at radius 3 is 1.25 bits per heavy atom. The lowest BCUT2D eigenvalue weighted by molar-refractivity contribution is -0.211. The lowest BCUT2D eigenvalue weighted by Crippen LogP contribution is -2.46. The highest BCUT2D eigenvalue weighted by molar-refractivity contribution is 5.79. The number of hydrogen-bond donors (Lipinski definition) is 7. The fourth-order valence-electron chi connectivity index (χ4n) is 0.791. The van der Waals surface area contributed by atoms with E-state index in [9.17, 15) is 19.5 Å². The second-order valence-electron chi connectivity index (χ2n) is 4.69. The van der Waals surface area contributed by atoms with E-state index >= 15 is 0 Å².